The van der Waals surface area contributed by atoms with E-state index in [0.29, 0.717) is 11.8 Å². The molecule has 1 fully saturated rings. The Morgan fingerprint density at radius 2 is 2.22 bits per heavy atom. The molecule has 1 aromatic carbocycles. The second-order valence-electron chi connectivity index (χ2n) is 4.91. The van der Waals surface area contributed by atoms with Gasteiger partial charge in [-0.1, -0.05) is 24.6 Å². The molecule has 2 atom stereocenters. The molecule has 0 aliphatic carbocycles. The number of alkyl halides is 1. The zero-order valence-corrected chi connectivity index (χ0v) is 12.3. The van der Waals surface area contributed by atoms with Crippen molar-refractivity contribution in [2.75, 3.05) is 25.1 Å². The summed E-state index contributed by atoms with van der Waals surface area (Å²) >= 11 is 12.1. The first-order valence-corrected chi connectivity index (χ1v) is 7.19. The number of methoxy groups -OCH3 is 1. The molecule has 1 heterocycles. The van der Waals surface area contributed by atoms with Crippen molar-refractivity contribution >= 4 is 28.9 Å². The van der Waals surface area contributed by atoms with E-state index in [0.717, 1.165) is 35.8 Å². The molecule has 1 saturated heterocycles. The maximum atomic E-state index is 6.33. The van der Waals surface area contributed by atoms with Gasteiger partial charge in [-0.25, -0.2) is 0 Å². The molecule has 0 aromatic heterocycles. The molecule has 2 rings (SSSR count). The van der Waals surface area contributed by atoms with Crippen molar-refractivity contribution in [3.8, 4) is 0 Å². The van der Waals surface area contributed by atoms with E-state index in [4.69, 9.17) is 27.9 Å². The van der Waals surface area contributed by atoms with E-state index in [1.54, 1.807) is 7.11 Å². The van der Waals surface area contributed by atoms with Crippen molar-refractivity contribution in [3.63, 3.8) is 0 Å². The number of anilines is 1. The molecule has 18 heavy (non-hydrogen) atoms. The number of piperidine rings is 1. The van der Waals surface area contributed by atoms with Gasteiger partial charge in [0.15, 0.2) is 0 Å². The summed E-state index contributed by atoms with van der Waals surface area (Å²) in [6, 6.07) is 6.04. The fourth-order valence-corrected chi connectivity index (χ4v) is 2.94. The number of rotatable bonds is 3. The summed E-state index contributed by atoms with van der Waals surface area (Å²) in [4.78, 5) is 2.30. The minimum atomic E-state index is 0.280. The highest BCUT2D eigenvalue weighted by Gasteiger charge is 2.26. The van der Waals surface area contributed by atoms with E-state index < -0.39 is 0 Å². The lowest BCUT2D eigenvalue weighted by Gasteiger charge is -2.38. The van der Waals surface area contributed by atoms with Crippen molar-refractivity contribution < 1.29 is 4.74 Å². The van der Waals surface area contributed by atoms with Gasteiger partial charge in [0.25, 0.3) is 0 Å². The topological polar surface area (TPSA) is 12.5 Å². The van der Waals surface area contributed by atoms with Crippen LogP contribution in [0.15, 0.2) is 18.2 Å². The molecule has 2 nitrogen and oxygen atoms in total. The van der Waals surface area contributed by atoms with Gasteiger partial charge in [0.05, 0.1) is 16.8 Å². The lowest BCUT2D eigenvalue weighted by Crippen LogP contribution is -2.44. The van der Waals surface area contributed by atoms with Crippen molar-refractivity contribution in [2.45, 2.75) is 25.3 Å². The molecule has 100 valence electrons. The zero-order valence-electron chi connectivity index (χ0n) is 10.8. The van der Waals surface area contributed by atoms with Gasteiger partial charge in [0.2, 0.25) is 0 Å². The van der Waals surface area contributed by atoms with E-state index >= 15 is 0 Å². The Kier molecular flexibility index (Phi) is 4.77. The third-order valence-corrected chi connectivity index (χ3v) is 4.31. The quantitative estimate of drug-likeness (QED) is 0.781. The van der Waals surface area contributed by atoms with Gasteiger partial charge in [0, 0.05) is 26.1 Å². The van der Waals surface area contributed by atoms with Gasteiger partial charge in [-0.05, 0) is 30.0 Å². The molecular weight excluding hydrogens is 269 g/mol. The van der Waals surface area contributed by atoms with Crippen molar-refractivity contribution in [3.05, 3.63) is 28.8 Å². The minimum Gasteiger partial charge on any atom is -0.379 e. The summed E-state index contributed by atoms with van der Waals surface area (Å²) in [5.74, 6) is 1.10. The maximum Gasteiger partial charge on any atom is 0.0772 e. The van der Waals surface area contributed by atoms with Gasteiger partial charge in [0.1, 0.15) is 0 Å². The standard InChI is InChI=1S/C14H19Cl2NO/c1-10-5-6-17(9-14(10)18-2)13-4-3-11(8-15)7-12(13)16/h3-4,7,10,14H,5-6,8-9H2,1-2H3. The molecule has 1 aliphatic heterocycles. The first-order chi connectivity index (χ1) is 8.65. The average molecular weight is 288 g/mol. The third kappa shape index (κ3) is 2.93. The first kappa shape index (κ1) is 14.0. The molecule has 1 aliphatic rings. The SMILES string of the molecule is COC1CN(c2ccc(CCl)cc2Cl)CCC1C. The number of halogens is 2. The van der Waals surface area contributed by atoms with Gasteiger partial charge in [-0.3, -0.25) is 0 Å². The number of benzene rings is 1. The monoisotopic (exact) mass is 287 g/mol. The second-order valence-corrected chi connectivity index (χ2v) is 5.58. The summed E-state index contributed by atoms with van der Waals surface area (Å²) in [7, 11) is 1.78. The molecule has 0 bridgehead atoms. The molecule has 0 radical (unpaired) electrons. The Bertz CT molecular complexity index is 411. The lowest BCUT2D eigenvalue weighted by molar-refractivity contribution is 0.0498. The van der Waals surface area contributed by atoms with E-state index in [1.807, 2.05) is 12.1 Å². The Hall–Kier alpha value is -0.440. The van der Waals surface area contributed by atoms with Crippen LogP contribution in [0.1, 0.15) is 18.9 Å². The van der Waals surface area contributed by atoms with Gasteiger partial charge in [-0.2, -0.15) is 0 Å². The van der Waals surface area contributed by atoms with Crippen LogP contribution in [0.5, 0.6) is 0 Å². The molecule has 4 heteroatoms. The summed E-state index contributed by atoms with van der Waals surface area (Å²) in [5.41, 5.74) is 2.14. The predicted molar refractivity (Wildman–Crippen MR) is 77.8 cm³/mol. The number of hydrogen-bond acceptors (Lipinski definition) is 2. The highest BCUT2D eigenvalue weighted by Crippen LogP contribution is 2.31. The van der Waals surface area contributed by atoms with Crippen LogP contribution >= 0.6 is 23.2 Å². The Morgan fingerprint density at radius 1 is 1.44 bits per heavy atom. The van der Waals surface area contributed by atoms with E-state index in [9.17, 15) is 0 Å². The third-order valence-electron chi connectivity index (χ3n) is 3.70. The zero-order chi connectivity index (χ0) is 13.1. The summed E-state index contributed by atoms with van der Waals surface area (Å²) in [6.45, 7) is 4.17. The molecule has 0 saturated carbocycles. The number of hydrogen-bond donors (Lipinski definition) is 0. The van der Waals surface area contributed by atoms with E-state index in [-0.39, 0.29) is 6.10 Å². The summed E-state index contributed by atoms with van der Waals surface area (Å²) < 4.78 is 5.53. The molecular formula is C14H19Cl2NO. The number of ether oxygens (including phenoxy) is 1. The van der Waals surface area contributed by atoms with Crippen LogP contribution in [-0.2, 0) is 10.6 Å². The first-order valence-electron chi connectivity index (χ1n) is 6.28. The lowest BCUT2D eigenvalue weighted by atomic mass is 9.95. The smallest absolute Gasteiger partial charge is 0.0772 e. The molecule has 0 spiro atoms. The fourth-order valence-electron chi connectivity index (χ4n) is 2.45. The molecule has 0 amide bonds. The largest absolute Gasteiger partial charge is 0.379 e. The molecule has 1 aromatic rings. The van der Waals surface area contributed by atoms with Crippen molar-refractivity contribution in [1.82, 2.24) is 0 Å². The van der Waals surface area contributed by atoms with Crippen molar-refractivity contribution in [1.29, 1.82) is 0 Å². The van der Waals surface area contributed by atoms with Crippen LogP contribution < -0.4 is 4.90 Å². The van der Waals surface area contributed by atoms with Gasteiger partial charge >= 0.3 is 0 Å². The van der Waals surface area contributed by atoms with Crippen LogP contribution in [0, 0.1) is 5.92 Å². The van der Waals surface area contributed by atoms with Crippen LogP contribution in [0.3, 0.4) is 0 Å². The minimum absolute atomic E-state index is 0.280. The Labute approximate surface area is 119 Å². The Balaban J connectivity index is 2.16. The van der Waals surface area contributed by atoms with Gasteiger partial charge in [-0.15, -0.1) is 11.6 Å². The fraction of sp³-hybridized carbons (Fsp3) is 0.571. The van der Waals surface area contributed by atoms with Crippen LogP contribution in [-0.4, -0.2) is 26.3 Å². The number of nitrogens with zero attached hydrogens (tertiary/aromatic N) is 1. The average Bonchev–Trinajstić information content (AvgIpc) is 2.39. The predicted octanol–water partition coefficient (Wildman–Crippen LogP) is 3.94. The molecule has 2 unspecified atom stereocenters. The maximum absolute atomic E-state index is 6.33. The summed E-state index contributed by atoms with van der Waals surface area (Å²) in [5, 5.41) is 0.776. The van der Waals surface area contributed by atoms with Crippen LogP contribution in [0.4, 0.5) is 5.69 Å². The van der Waals surface area contributed by atoms with Crippen LogP contribution in [0.2, 0.25) is 5.02 Å². The highest BCUT2D eigenvalue weighted by atomic mass is 35.5. The summed E-state index contributed by atoms with van der Waals surface area (Å²) in [6.07, 6.45) is 1.41. The van der Waals surface area contributed by atoms with Crippen LogP contribution in [0.25, 0.3) is 0 Å². The highest BCUT2D eigenvalue weighted by molar-refractivity contribution is 6.33. The Morgan fingerprint density at radius 3 is 2.83 bits per heavy atom. The normalized spacial score (nSPS) is 24.3. The van der Waals surface area contributed by atoms with E-state index in [1.165, 1.54) is 0 Å². The van der Waals surface area contributed by atoms with E-state index in [2.05, 4.69) is 17.9 Å². The van der Waals surface area contributed by atoms with Gasteiger partial charge < -0.3 is 9.64 Å². The second kappa shape index (κ2) is 6.14. The molecule has 0 N–H and O–H groups in total. The van der Waals surface area contributed by atoms with Crippen molar-refractivity contribution in [2.24, 2.45) is 5.92 Å².